The number of hydrogen-bond acceptors (Lipinski definition) is 3. The first kappa shape index (κ1) is 10.5. The van der Waals surface area contributed by atoms with Crippen molar-refractivity contribution < 1.29 is 13.2 Å². The lowest BCUT2D eigenvalue weighted by molar-refractivity contribution is 0.144. The van der Waals surface area contributed by atoms with Crippen LogP contribution in [0.4, 0.5) is 13.2 Å². The molecule has 0 atom stereocenters. The molecule has 0 aliphatic carbocycles. The second-order valence-electron chi connectivity index (χ2n) is 2.48. The number of aromatic nitrogens is 1. The lowest BCUT2D eigenvalue weighted by Gasteiger charge is -2.06. The third-order valence-electron chi connectivity index (χ3n) is 1.62. The van der Waals surface area contributed by atoms with Crippen LogP contribution in [0.3, 0.4) is 0 Å². The highest BCUT2D eigenvalue weighted by Gasteiger charge is 2.17. The summed E-state index contributed by atoms with van der Waals surface area (Å²) < 4.78 is 37.5. The summed E-state index contributed by atoms with van der Waals surface area (Å²) in [5.41, 5.74) is 3.76. The third-order valence-corrected chi connectivity index (χ3v) is 1.62. The maximum absolute atomic E-state index is 12.9. The van der Waals surface area contributed by atoms with Gasteiger partial charge < -0.3 is 5.73 Å². The molecule has 0 spiro atoms. The number of alkyl halides is 2. The van der Waals surface area contributed by atoms with Crippen molar-refractivity contribution in [3.05, 3.63) is 28.8 Å². The topological polar surface area (TPSA) is 62.7 Å². The fourth-order valence-corrected chi connectivity index (χ4v) is 0.972. The van der Waals surface area contributed by atoms with E-state index in [0.29, 0.717) is 0 Å². The number of halogens is 3. The monoisotopic (exact) mass is 201 g/mol. The van der Waals surface area contributed by atoms with Gasteiger partial charge in [-0.05, 0) is 11.6 Å². The fraction of sp³-hybridized carbons (Fsp3) is 0.250. The highest BCUT2D eigenvalue weighted by Crippen LogP contribution is 2.22. The molecular weight excluding hydrogens is 195 g/mol. The zero-order chi connectivity index (χ0) is 10.7. The Labute approximate surface area is 78.0 Å². The molecule has 0 saturated heterocycles. The Morgan fingerprint density at radius 2 is 2.21 bits per heavy atom. The Balaban J connectivity index is 3.34. The number of pyridine rings is 1. The molecule has 0 aromatic carbocycles. The molecule has 1 heterocycles. The van der Waals surface area contributed by atoms with E-state index in [1.165, 1.54) is 6.07 Å². The van der Waals surface area contributed by atoms with Crippen molar-refractivity contribution in [1.82, 2.24) is 4.98 Å². The molecule has 3 nitrogen and oxygen atoms in total. The van der Waals surface area contributed by atoms with E-state index < -0.39 is 23.6 Å². The minimum atomic E-state index is -2.86. The normalized spacial score (nSPS) is 10.3. The van der Waals surface area contributed by atoms with Gasteiger partial charge in [-0.3, -0.25) is 0 Å². The van der Waals surface area contributed by atoms with E-state index in [0.717, 1.165) is 6.07 Å². The predicted molar refractivity (Wildman–Crippen MR) is 41.8 cm³/mol. The van der Waals surface area contributed by atoms with Crippen molar-refractivity contribution in [1.29, 1.82) is 5.26 Å². The Hall–Kier alpha value is -1.61. The van der Waals surface area contributed by atoms with E-state index in [1.54, 1.807) is 0 Å². The van der Waals surface area contributed by atoms with Crippen LogP contribution in [0.1, 0.15) is 23.4 Å². The summed E-state index contributed by atoms with van der Waals surface area (Å²) in [6.45, 7) is -0.241. The maximum Gasteiger partial charge on any atom is 0.280 e. The molecule has 1 aromatic rings. The Morgan fingerprint density at radius 3 is 2.64 bits per heavy atom. The predicted octanol–water partition coefficient (Wildman–Crippen LogP) is 1.49. The average Bonchev–Trinajstić information content (AvgIpc) is 2.16. The fourth-order valence-electron chi connectivity index (χ4n) is 0.972. The van der Waals surface area contributed by atoms with Crippen molar-refractivity contribution in [2.45, 2.75) is 13.0 Å². The first-order chi connectivity index (χ1) is 6.60. The van der Waals surface area contributed by atoms with Gasteiger partial charge in [-0.1, -0.05) is 0 Å². The molecule has 1 aromatic heterocycles. The summed E-state index contributed by atoms with van der Waals surface area (Å²) in [6.07, 6.45) is -2.86. The van der Waals surface area contributed by atoms with Gasteiger partial charge in [-0.2, -0.15) is 5.26 Å². The van der Waals surface area contributed by atoms with Crippen LogP contribution in [0.5, 0.6) is 0 Å². The molecule has 0 radical (unpaired) electrons. The van der Waals surface area contributed by atoms with Gasteiger partial charge in [-0.15, -0.1) is 0 Å². The SMILES string of the molecule is N#Cc1nc(C(F)F)c(CN)cc1F. The molecule has 0 bridgehead atoms. The van der Waals surface area contributed by atoms with Crippen LogP contribution in [0, 0.1) is 17.1 Å². The number of nitriles is 1. The first-order valence-electron chi connectivity index (χ1n) is 3.67. The Morgan fingerprint density at radius 1 is 1.57 bits per heavy atom. The summed E-state index contributed by atoms with van der Waals surface area (Å²) in [4.78, 5) is 3.19. The van der Waals surface area contributed by atoms with E-state index in [1.807, 2.05) is 0 Å². The van der Waals surface area contributed by atoms with Crippen LogP contribution < -0.4 is 5.73 Å². The lowest BCUT2D eigenvalue weighted by atomic mass is 10.1. The van der Waals surface area contributed by atoms with Crippen molar-refractivity contribution in [2.24, 2.45) is 5.73 Å². The third kappa shape index (κ3) is 1.83. The van der Waals surface area contributed by atoms with Crippen molar-refractivity contribution in [3.63, 3.8) is 0 Å². The minimum Gasteiger partial charge on any atom is -0.326 e. The largest absolute Gasteiger partial charge is 0.326 e. The van der Waals surface area contributed by atoms with E-state index in [4.69, 9.17) is 11.0 Å². The van der Waals surface area contributed by atoms with Gasteiger partial charge in [0.15, 0.2) is 11.5 Å². The smallest absolute Gasteiger partial charge is 0.280 e. The van der Waals surface area contributed by atoms with E-state index in [2.05, 4.69) is 4.98 Å². The highest BCUT2D eigenvalue weighted by molar-refractivity contribution is 5.31. The van der Waals surface area contributed by atoms with Gasteiger partial charge in [0.2, 0.25) is 0 Å². The molecule has 0 saturated carbocycles. The first-order valence-corrected chi connectivity index (χ1v) is 3.67. The highest BCUT2D eigenvalue weighted by atomic mass is 19.3. The average molecular weight is 201 g/mol. The van der Waals surface area contributed by atoms with E-state index in [-0.39, 0.29) is 12.1 Å². The quantitative estimate of drug-likeness (QED) is 0.788. The molecule has 14 heavy (non-hydrogen) atoms. The van der Waals surface area contributed by atoms with Crippen LogP contribution in [-0.4, -0.2) is 4.98 Å². The second kappa shape index (κ2) is 4.07. The maximum atomic E-state index is 12.9. The van der Waals surface area contributed by atoms with Crippen LogP contribution in [0.2, 0.25) is 0 Å². The Bertz CT molecular complexity index is 384. The minimum absolute atomic E-state index is 0.0866. The Kier molecular flexibility index (Phi) is 3.04. The zero-order valence-electron chi connectivity index (χ0n) is 6.97. The van der Waals surface area contributed by atoms with Crippen LogP contribution in [0.25, 0.3) is 0 Å². The van der Waals surface area contributed by atoms with Crippen molar-refractivity contribution in [3.8, 4) is 6.07 Å². The van der Waals surface area contributed by atoms with Gasteiger partial charge in [0, 0.05) is 6.54 Å². The molecule has 0 aliphatic rings. The van der Waals surface area contributed by atoms with Crippen molar-refractivity contribution in [2.75, 3.05) is 0 Å². The number of rotatable bonds is 2. The molecule has 0 fully saturated rings. The zero-order valence-corrected chi connectivity index (χ0v) is 6.97. The van der Waals surface area contributed by atoms with E-state index >= 15 is 0 Å². The summed E-state index contributed by atoms with van der Waals surface area (Å²) in [5.74, 6) is -0.933. The van der Waals surface area contributed by atoms with E-state index in [9.17, 15) is 13.2 Å². The van der Waals surface area contributed by atoms with Crippen LogP contribution in [0.15, 0.2) is 6.07 Å². The van der Waals surface area contributed by atoms with Crippen LogP contribution in [-0.2, 0) is 6.54 Å². The second-order valence-corrected chi connectivity index (χ2v) is 2.48. The van der Waals surface area contributed by atoms with Crippen LogP contribution >= 0.6 is 0 Å². The van der Waals surface area contributed by atoms with Crippen molar-refractivity contribution >= 4 is 0 Å². The molecule has 2 N–H and O–H groups in total. The summed E-state index contributed by atoms with van der Waals surface area (Å²) >= 11 is 0. The standard InChI is InChI=1S/C8H6F3N3/c9-5-1-4(2-12)7(8(10)11)14-6(5)3-13/h1,8H,2,12H2. The lowest BCUT2D eigenvalue weighted by Crippen LogP contribution is -2.07. The van der Waals surface area contributed by atoms with Gasteiger partial charge >= 0.3 is 0 Å². The summed E-state index contributed by atoms with van der Waals surface area (Å²) in [6, 6.07) is 2.19. The molecular formula is C8H6F3N3. The van der Waals surface area contributed by atoms with Gasteiger partial charge in [0.1, 0.15) is 11.8 Å². The summed E-state index contributed by atoms with van der Waals surface area (Å²) in [5, 5.41) is 8.36. The molecule has 0 aliphatic heterocycles. The number of nitrogens with two attached hydrogens (primary N) is 1. The summed E-state index contributed by atoms with van der Waals surface area (Å²) in [7, 11) is 0. The number of hydrogen-bond donors (Lipinski definition) is 1. The van der Waals surface area contributed by atoms with Gasteiger partial charge in [0.25, 0.3) is 6.43 Å². The number of nitrogens with zero attached hydrogens (tertiary/aromatic N) is 2. The molecule has 0 amide bonds. The molecule has 1 rings (SSSR count). The van der Waals surface area contributed by atoms with Gasteiger partial charge in [-0.25, -0.2) is 18.2 Å². The molecule has 6 heteroatoms. The van der Waals surface area contributed by atoms with Gasteiger partial charge in [0.05, 0.1) is 0 Å². The molecule has 74 valence electrons. The molecule has 0 unspecified atom stereocenters.